The fourth-order valence-corrected chi connectivity index (χ4v) is 3.92. The minimum Gasteiger partial charge on any atom is -0.382 e. The summed E-state index contributed by atoms with van der Waals surface area (Å²) in [7, 11) is 0. The van der Waals surface area contributed by atoms with Crippen molar-refractivity contribution in [3.8, 4) is 0 Å². The van der Waals surface area contributed by atoms with Crippen LogP contribution >= 0.6 is 23.4 Å². The largest absolute Gasteiger partial charge is 0.382 e. The van der Waals surface area contributed by atoms with Crippen molar-refractivity contribution >= 4 is 62.8 Å². The Morgan fingerprint density at radius 3 is 2.41 bits per heavy atom. The van der Waals surface area contributed by atoms with Crippen LogP contribution in [0.2, 0.25) is 5.15 Å². The minimum atomic E-state index is -0.660. The van der Waals surface area contributed by atoms with Crippen molar-refractivity contribution in [3.05, 3.63) is 58.4 Å². The van der Waals surface area contributed by atoms with Gasteiger partial charge < -0.3 is 17.2 Å². The smallest absolute Gasteiger partial charge is 0.280 e. The minimum absolute atomic E-state index is 0.0383. The van der Waals surface area contributed by atoms with Crippen molar-refractivity contribution < 1.29 is 9.59 Å². The van der Waals surface area contributed by atoms with E-state index in [2.05, 4.69) is 56.7 Å². The molecule has 11 heteroatoms. The highest BCUT2D eigenvalue weighted by atomic mass is 35.5. The molecule has 1 heterocycles. The van der Waals surface area contributed by atoms with Crippen LogP contribution in [0.3, 0.4) is 0 Å². The van der Waals surface area contributed by atoms with Gasteiger partial charge >= 0.3 is 0 Å². The Hall–Kier alpha value is -3.37. The lowest BCUT2D eigenvalue weighted by atomic mass is 10.0. The van der Waals surface area contributed by atoms with Crippen molar-refractivity contribution in [2.75, 3.05) is 18.0 Å². The molecule has 0 aliphatic heterocycles. The fraction of sp³-hybridized carbons (Fsp3) is 0.261. The number of nitrogens with zero attached hydrogens (tertiary/aromatic N) is 3. The summed E-state index contributed by atoms with van der Waals surface area (Å²) in [6.45, 7) is 2.04. The van der Waals surface area contributed by atoms with E-state index < -0.39 is 5.91 Å². The number of aryl methyl sites for hydroxylation is 1. The molecular formula is C23H26ClN7O2S. The second-order valence-electron chi connectivity index (χ2n) is 7.61. The summed E-state index contributed by atoms with van der Waals surface area (Å²) in [6, 6.07) is 12.7. The molecule has 0 bridgehead atoms. The van der Waals surface area contributed by atoms with E-state index in [1.54, 1.807) is 6.92 Å². The summed E-state index contributed by atoms with van der Waals surface area (Å²) in [5.74, 6) is -0.215. The van der Waals surface area contributed by atoms with E-state index in [4.69, 9.17) is 28.8 Å². The molecule has 1 amide bonds. The van der Waals surface area contributed by atoms with Crippen LogP contribution in [-0.4, -0.2) is 33.5 Å². The second-order valence-corrected chi connectivity index (χ2v) is 9.12. The average Bonchev–Trinajstić information content (AvgIpc) is 2.79. The van der Waals surface area contributed by atoms with Crippen LogP contribution < -0.4 is 22.5 Å². The first kappa shape index (κ1) is 25.3. The van der Waals surface area contributed by atoms with Crippen LogP contribution in [0.5, 0.6) is 0 Å². The molecule has 0 atom stereocenters. The van der Waals surface area contributed by atoms with E-state index in [1.165, 1.54) is 22.7 Å². The summed E-state index contributed by atoms with van der Waals surface area (Å²) >= 11 is 7.10. The summed E-state index contributed by atoms with van der Waals surface area (Å²) in [5, 5.41) is 4.75. The molecule has 0 saturated heterocycles. The number of nitrogen functional groups attached to an aromatic ring is 2. The molecule has 7 N–H and O–H groups in total. The number of hydrogen-bond donors (Lipinski definition) is 4. The van der Waals surface area contributed by atoms with Crippen LogP contribution in [0.1, 0.15) is 41.4 Å². The molecule has 0 radical (unpaired) electrons. The third-order valence-corrected chi connectivity index (χ3v) is 6.09. The van der Waals surface area contributed by atoms with E-state index in [0.29, 0.717) is 12.3 Å². The first-order chi connectivity index (χ1) is 16.2. The molecule has 1 aromatic heterocycles. The van der Waals surface area contributed by atoms with Gasteiger partial charge in [-0.15, -0.1) is 0 Å². The summed E-state index contributed by atoms with van der Waals surface area (Å²) in [5.41, 5.74) is 19.2. The predicted octanol–water partition coefficient (Wildman–Crippen LogP) is 3.29. The van der Waals surface area contributed by atoms with Gasteiger partial charge in [0.15, 0.2) is 33.6 Å². The zero-order valence-corrected chi connectivity index (χ0v) is 20.2. The van der Waals surface area contributed by atoms with E-state index in [1.807, 2.05) is 0 Å². The Morgan fingerprint density at radius 1 is 1.03 bits per heavy atom. The number of carbonyl (C=O) groups excluding carboxylic acids is 2. The van der Waals surface area contributed by atoms with E-state index in [0.717, 1.165) is 30.2 Å². The molecule has 0 saturated carbocycles. The maximum Gasteiger partial charge on any atom is 0.280 e. The number of guanidine groups is 1. The number of carbonyl (C=O) groups is 2. The number of rotatable bonds is 8. The van der Waals surface area contributed by atoms with E-state index >= 15 is 0 Å². The molecule has 9 nitrogen and oxygen atoms in total. The molecule has 0 aliphatic rings. The van der Waals surface area contributed by atoms with Gasteiger partial charge in [-0.2, -0.15) is 0 Å². The average molecular weight is 500 g/mol. The lowest BCUT2D eigenvalue weighted by Crippen LogP contribution is -2.38. The number of amides is 1. The number of hydrogen-bond acceptors (Lipinski definition) is 8. The van der Waals surface area contributed by atoms with Crippen LogP contribution in [-0.2, 0) is 17.0 Å². The Balaban J connectivity index is 1.47. The van der Waals surface area contributed by atoms with Gasteiger partial charge in [0.1, 0.15) is 0 Å². The standard InChI is InChI=1S/C23H26ClN7O2S/c1-13(32)34-12-15-6-8-16-10-14(5-7-17(16)11-15)4-2-3-9-28-23(27)31-22(33)18-20(25)30-21(26)19(24)29-18/h5-8,10-11H,2-4,9,12H2,1H3,(H4,25,26,30)(H3,27,28,31,33). The highest BCUT2D eigenvalue weighted by Gasteiger charge is 2.16. The Bertz CT molecular complexity index is 1250. The molecule has 0 unspecified atom stereocenters. The number of benzene rings is 2. The highest BCUT2D eigenvalue weighted by Crippen LogP contribution is 2.22. The first-order valence-corrected chi connectivity index (χ1v) is 11.9. The Labute approximate surface area is 206 Å². The summed E-state index contributed by atoms with van der Waals surface area (Å²) in [6.07, 6.45) is 2.61. The maximum absolute atomic E-state index is 12.2. The lowest BCUT2D eigenvalue weighted by Gasteiger charge is -2.07. The van der Waals surface area contributed by atoms with Crippen molar-refractivity contribution in [2.24, 2.45) is 10.7 Å². The normalized spacial score (nSPS) is 11.5. The first-order valence-electron chi connectivity index (χ1n) is 10.6. The van der Waals surface area contributed by atoms with Crippen LogP contribution in [0.15, 0.2) is 41.4 Å². The van der Waals surface area contributed by atoms with Crippen molar-refractivity contribution in [3.63, 3.8) is 0 Å². The molecule has 2 aromatic carbocycles. The zero-order chi connectivity index (χ0) is 24.7. The van der Waals surface area contributed by atoms with Gasteiger partial charge in [-0.25, -0.2) is 9.97 Å². The Kier molecular flexibility index (Phi) is 8.67. The van der Waals surface area contributed by atoms with Gasteiger partial charge in [0.05, 0.1) is 0 Å². The molecule has 178 valence electrons. The van der Waals surface area contributed by atoms with Gasteiger partial charge in [0, 0.05) is 19.2 Å². The monoisotopic (exact) mass is 499 g/mol. The number of thioether (sulfide) groups is 1. The third-order valence-electron chi connectivity index (χ3n) is 4.93. The SMILES string of the molecule is CC(=O)SCc1ccc2cc(CCCCN=C(N)NC(=O)c3nc(Cl)c(N)nc3N)ccc2c1. The quantitative estimate of drug-likeness (QED) is 0.208. The molecule has 0 aliphatic carbocycles. The number of aliphatic imine (C=N–C) groups is 1. The van der Waals surface area contributed by atoms with Crippen LogP contribution in [0.4, 0.5) is 11.6 Å². The van der Waals surface area contributed by atoms with Gasteiger partial charge in [-0.3, -0.25) is 19.9 Å². The fourth-order valence-electron chi connectivity index (χ4n) is 3.24. The van der Waals surface area contributed by atoms with E-state index in [9.17, 15) is 9.59 Å². The molecule has 3 aromatic rings. The number of nitrogens with one attached hydrogen (secondary N) is 1. The van der Waals surface area contributed by atoms with Crippen LogP contribution in [0, 0.1) is 0 Å². The number of anilines is 2. The Morgan fingerprint density at radius 2 is 1.71 bits per heavy atom. The van der Waals surface area contributed by atoms with Crippen LogP contribution in [0.25, 0.3) is 10.8 Å². The molecule has 3 rings (SSSR count). The molecule has 0 fully saturated rings. The number of aromatic nitrogens is 2. The summed E-state index contributed by atoms with van der Waals surface area (Å²) in [4.78, 5) is 35.2. The maximum atomic E-state index is 12.2. The molecular weight excluding hydrogens is 474 g/mol. The second kappa shape index (κ2) is 11.7. The topological polar surface area (TPSA) is 162 Å². The van der Waals surface area contributed by atoms with Crippen molar-refractivity contribution in [1.29, 1.82) is 0 Å². The number of unbranched alkanes of at least 4 members (excludes halogenated alkanes) is 1. The number of fused-ring (bicyclic) bond motifs is 1. The number of halogens is 1. The van der Waals surface area contributed by atoms with Gasteiger partial charge in [-0.05, 0) is 41.2 Å². The number of nitrogens with two attached hydrogens (primary N) is 3. The zero-order valence-electron chi connectivity index (χ0n) is 18.7. The summed E-state index contributed by atoms with van der Waals surface area (Å²) < 4.78 is 0. The lowest BCUT2D eigenvalue weighted by molar-refractivity contribution is -0.109. The van der Waals surface area contributed by atoms with Crippen molar-refractivity contribution in [2.45, 2.75) is 31.9 Å². The molecule has 0 spiro atoms. The van der Waals surface area contributed by atoms with Gasteiger partial charge in [0.2, 0.25) is 0 Å². The highest BCUT2D eigenvalue weighted by molar-refractivity contribution is 8.12. The predicted molar refractivity (Wildman–Crippen MR) is 139 cm³/mol. The van der Waals surface area contributed by atoms with Gasteiger partial charge in [0.25, 0.3) is 5.91 Å². The van der Waals surface area contributed by atoms with E-state index in [-0.39, 0.29) is 33.6 Å². The van der Waals surface area contributed by atoms with Crippen molar-refractivity contribution in [1.82, 2.24) is 15.3 Å². The van der Waals surface area contributed by atoms with Gasteiger partial charge in [-0.1, -0.05) is 59.8 Å². The third kappa shape index (κ3) is 7.06. The molecule has 34 heavy (non-hydrogen) atoms.